The minimum atomic E-state index is 0.528. The average Bonchev–Trinajstić information content (AvgIpc) is 2.74. The van der Waals surface area contributed by atoms with E-state index in [1.54, 1.807) is 0 Å². The highest BCUT2D eigenvalue weighted by Crippen LogP contribution is 2.24. The van der Waals surface area contributed by atoms with Crippen molar-refractivity contribution in [3.63, 3.8) is 0 Å². The molecule has 0 saturated carbocycles. The number of nitrogens with one attached hydrogen (secondary N) is 1. The van der Waals surface area contributed by atoms with E-state index in [9.17, 15) is 0 Å². The molecule has 1 aromatic heterocycles. The number of oxazole rings is 1. The van der Waals surface area contributed by atoms with Crippen LogP contribution in [0.4, 0.5) is 11.7 Å². The molecule has 90 valence electrons. The number of fused-ring (bicyclic) bond motifs is 1. The van der Waals surface area contributed by atoms with Gasteiger partial charge in [0.25, 0.3) is 0 Å². The summed E-state index contributed by atoms with van der Waals surface area (Å²) < 4.78 is 5.61. The van der Waals surface area contributed by atoms with Crippen molar-refractivity contribution >= 4 is 22.8 Å². The fraction of sp³-hybridized carbons (Fsp3) is 0.417. The SMILES string of the molecule is Nc1cccc2oc(NN3CCCCC3)nc12. The van der Waals surface area contributed by atoms with Crippen molar-refractivity contribution in [1.82, 2.24) is 9.99 Å². The summed E-state index contributed by atoms with van der Waals surface area (Å²) >= 11 is 0. The van der Waals surface area contributed by atoms with Crippen LogP contribution in [-0.4, -0.2) is 23.1 Å². The molecule has 0 amide bonds. The predicted octanol–water partition coefficient (Wildman–Crippen LogP) is 2.22. The smallest absolute Gasteiger partial charge is 0.310 e. The topological polar surface area (TPSA) is 67.3 Å². The molecule has 17 heavy (non-hydrogen) atoms. The van der Waals surface area contributed by atoms with Gasteiger partial charge in [-0.05, 0) is 25.0 Å². The van der Waals surface area contributed by atoms with Gasteiger partial charge in [-0.3, -0.25) is 5.43 Å². The van der Waals surface area contributed by atoms with Gasteiger partial charge < -0.3 is 10.2 Å². The lowest BCUT2D eigenvalue weighted by Gasteiger charge is -2.25. The van der Waals surface area contributed by atoms with Crippen molar-refractivity contribution in [1.29, 1.82) is 0 Å². The second kappa shape index (κ2) is 4.25. The zero-order valence-corrected chi connectivity index (χ0v) is 9.65. The lowest BCUT2D eigenvalue weighted by Crippen LogP contribution is -2.34. The van der Waals surface area contributed by atoms with Gasteiger partial charge in [-0.25, -0.2) is 5.01 Å². The van der Waals surface area contributed by atoms with Crippen molar-refractivity contribution in [3.05, 3.63) is 18.2 Å². The number of nitrogens with zero attached hydrogens (tertiary/aromatic N) is 2. The molecule has 1 aliphatic heterocycles. The Balaban J connectivity index is 1.83. The summed E-state index contributed by atoms with van der Waals surface area (Å²) in [6.07, 6.45) is 3.74. The molecular weight excluding hydrogens is 216 g/mol. The molecule has 1 saturated heterocycles. The van der Waals surface area contributed by atoms with E-state index in [0.29, 0.717) is 11.7 Å². The van der Waals surface area contributed by atoms with Crippen LogP contribution in [0.25, 0.3) is 11.1 Å². The summed E-state index contributed by atoms with van der Waals surface area (Å²) in [6.45, 7) is 2.07. The van der Waals surface area contributed by atoms with Crippen LogP contribution in [0.3, 0.4) is 0 Å². The van der Waals surface area contributed by atoms with Crippen LogP contribution >= 0.6 is 0 Å². The van der Waals surface area contributed by atoms with Crippen LogP contribution in [0.15, 0.2) is 22.6 Å². The molecule has 1 fully saturated rings. The minimum Gasteiger partial charge on any atom is -0.423 e. The molecular formula is C12H16N4O. The molecule has 0 bridgehead atoms. The fourth-order valence-corrected chi connectivity index (χ4v) is 2.16. The maximum absolute atomic E-state index is 5.84. The molecule has 0 radical (unpaired) electrons. The highest BCUT2D eigenvalue weighted by molar-refractivity contribution is 5.86. The number of hydrogen-bond donors (Lipinski definition) is 2. The number of nitrogen functional groups attached to an aromatic ring is 1. The molecule has 3 N–H and O–H groups in total. The molecule has 5 heteroatoms. The third-order valence-electron chi connectivity index (χ3n) is 3.06. The Bertz CT molecular complexity index is 516. The number of rotatable bonds is 2. The highest BCUT2D eigenvalue weighted by Gasteiger charge is 2.13. The average molecular weight is 232 g/mol. The zero-order valence-electron chi connectivity index (χ0n) is 9.65. The molecule has 0 atom stereocenters. The molecule has 2 aromatic rings. The minimum absolute atomic E-state index is 0.528. The molecule has 0 aliphatic carbocycles. The molecule has 5 nitrogen and oxygen atoms in total. The van der Waals surface area contributed by atoms with Gasteiger partial charge in [-0.2, -0.15) is 4.98 Å². The Hall–Kier alpha value is -1.75. The first-order valence-corrected chi connectivity index (χ1v) is 5.99. The number of hydrazine groups is 1. The number of para-hydroxylation sites is 1. The van der Waals surface area contributed by atoms with E-state index in [2.05, 4.69) is 15.4 Å². The molecule has 1 aliphatic rings. The van der Waals surface area contributed by atoms with Crippen molar-refractivity contribution in [2.75, 3.05) is 24.2 Å². The van der Waals surface area contributed by atoms with Gasteiger partial charge >= 0.3 is 6.01 Å². The van der Waals surface area contributed by atoms with Crippen LogP contribution in [-0.2, 0) is 0 Å². The Labute approximate surface area is 99.6 Å². The molecule has 2 heterocycles. The first kappa shape index (κ1) is 10.4. The first-order valence-electron chi connectivity index (χ1n) is 5.99. The summed E-state index contributed by atoms with van der Waals surface area (Å²) in [5, 5.41) is 2.14. The summed E-state index contributed by atoms with van der Waals surface area (Å²) in [5.41, 5.74) is 11.1. The number of piperidine rings is 1. The van der Waals surface area contributed by atoms with Gasteiger partial charge in [0.1, 0.15) is 5.52 Å². The Morgan fingerprint density at radius 1 is 1.24 bits per heavy atom. The van der Waals surface area contributed by atoms with Crippen molar-refractivity contribution < 1.29 is 4.42 Å². The van der Waals surface area contributed by atoms with Crippen LogP contribution in [0, 0.1) is 0 Å². The fourth-order valence-electron chi connectivity index (χ4n) is 2.16. The van der Waals surface area contributed by atoms with Crippen LogP contribution in [0.1, 0.15) is 19.3 Å². The van der Waals surface area contributed by atoms with Gasteiger partial charge in [0.05, 0.1) is 5.69 Å². The normalized spacial score (nSPS) is 17.4. The number of hydrogen-bond acceptors (Lipinski definition) is 5. The lowest BCUT2D eigenvalue weighted by atomic mass is 10.2. The summed E-state index contributed by atoms with van der Waals surface area (Å²) in [7, 11) is 0. The maximum atomic E-state index is 5.84. The van der Waals surface area contributed by atoms with Crippen molar-refractivity contribution in [2.24, 2.45) is 0 Å². The summed E-state index contributed by atoms with van der Waals surface area (Å²) in [4.78, 5) is 4.36. The van der Waals surface area contributed by atoms with Gasteiger partial charge in [0.15, 0.2) is 5.58 Å². The zero-order chi connectivity index (χ0) is 11.7. The summed E-state index contributed by atoms with van der Waals surface area (Å²) in [5.74, 6) is 0. The van der Waals surface area contributed by atoms with Gasteiger partial charge in [0.2, 0.25) is 0 Å². The number of nitrogens with two attached hydrogens (primary N) is 1. The number of benzene rings is 1. The maximum Gasteiger partial charge on any atom is 0.310 e. The van der Waals surface area contributed by atoms with E-state index in [-0.39, 0.29) is 0 Å². The molecule has 0 spiro atoms. The van der Waals surface area contributed by atoms with E-state index in [4.69, 9.17) is 10.2 Å². The second-order valence-electron chi connectivity index (χ2n) is 4.37. The third-order valence-corrected chi connectivity index (χ3v) is 3.06. The standard InChI is InChI=1S/C12H16N4O/c13-9-5-4-6-10-11(9)14-12(17-10)15-16-7-2-1-3-8-16/h4-6H,1-3,7-8,13H2,(H,14,15). The molecule has 3 rings (SSSR count). The highest BCUT2D eigenvalue weighted by atomic mass is 16.4. The van der Waals surface area contributed by atoms with Crippen molar-refractivity contribution in [3.8, 4) is 0 Å². The van der Waals surface area contributed by atoms with Crippen LogP contribution in [0.5, 0.6) is 0 Å². The van der Waals surface area contributed by atoms with E-state index in [0.717, 1.165) is 24.2 Å². The van der Waals surface area contributed by atoms with E-state index in [1.165, 1.54) is 19.3 Å². The first-order chi connectivity index (χ1) is 8.33. The Morgan fingerprint density at radius 3 is 2.82 bits per heavy atom. The van der Waals surface area contributed by atoms with E-state index < -0.39 is 0 Å². The number of anilines is 2. The molecule has 0 unspecified atom stereocenters. The summed E-state index contributed by atoms with van der Waals surface area (Å²) in [6, 6.07) is 6.10. The monoisotopic (exact) mass is 232 g/mol. The van der Waals surface area contributed by atoms with Crippen molar-refractivity contribution in [2.45, 2.75) is 19.3 Å². The number of aromatic nitrogens is 1. The predicted molar refractivity (Wildman–Crippen MR) is 67.5 cm³/mol. The van der Waals surface area contributed by atoms with Gasteiger partial charge in [0, 0.05) is 13.1 Å². The largest absolute Gasteiger partial charge is 0.423 e. The Morgan fingerprint density at radius 2 is 2.06 bits per heavy atom. The van der Waals surface area contributed by atoms with Gasteiger partial charge in [-0.1, -0.05) is 12.5 Å². The Kier molecular flexibility index (Phi) is 2.60. The van der Waals surface area contributed by atoms with Gasteiger partial charge in [-0.15, -0.1) is 0 Å². The molecule has 1 aromatic carbocycles. The second-order valence-corrected chi connectivity index (χ2v) is 4.37. The quantitative estimate of drug-likeness (QED) is 0.777. The van der Waals surface area contributed by atoms with E-state index in [1.807, 2.05) is 18.2 Å². The van der Waals surface area contributed by atoms with E-state index >= 15 is 0 Å². The van der Waals surface area contributed by atoms with Crippen LogP contribution in [0.2, 0.25) is 0 Å². The lowest BCUT2D eigenvalue weighted by molar-refractivity contribution is 0.265. The third kappa shape index (κ3) is 2.06. The van der Waals surface area contributed by atoms with Crippen LogP contribution < -0.4 is 11.2 Å².